The molecule has 4 rings (SSSR count). The van der Waals surface area contributed by atoms with Gasteiger partial charge in [0.1, 0.15) is 11.5 Å². The summed E-state index contributed by atoms with van der Waals surface area (Å²) in [4.78, 5) is 0. The van der Waals surface area contributed by atoms with Gasteiger partial charge < -0.3 is 9.47 Å². The van der Waals surface area contributed by atoms with Crippen molar-refractivity contribution < 1.29 is 26.5 Å². The fraction of sp³-hybridized carbons (Fsp3) is 0.421. The summed E-state index contributed by atoms with van der Waals surface area (Å²) in [5, 5.41) is 4.75. The second kappa shape index (κ2) is 15.4. The zero-order valence-corrected chi connectivity index (χ0v) is 31.5. The fourth-order valence-electron chi connectivity index (χ4n) is 6.79. The van der Waals surface area contributed by atoms with Gasteiger partial charge in [0.05, 0.1) is 14.2 Å². The summed E-state index contributed by atoms with van der Waals surface area (Å²) < 4.78 is 11.5. The van der Waals surface area contributed by atoms with E-state index in [9.17, 15) is 0 Å². The van der Waals surface area contributed by atoms with E-state index in [-0.39, 0.29) is 35.3 Å². The van der Waals surface area contributed by atoms with Crippen LogP contribution >= 0.6 is 15.8 Å². The number of rotatable bonds is 7. The van der Waals surface area contributed by atoms with Gasteiger partial charge in [-0.1, -0.05) is 48.5 Å². The molecule has 234 valence electrons. The van der Waals surface area contributed by atoms with Crippen molar-refractivity contribution in [1.29, 1.82) is 0 Å². The maximum absolute atomic E-state index is 5.74. The molecule has 43 heavy (non-hydrogen) atoms. The van der Waals surface area contributed by atoms with Gasteiger partial charge in [-0.15, -0.1) is 18.8 Å². The van der Waals surface area contributed by atoms with Crippen molar-refractivity contribution in [3.05, 3.63) is 101 Å². The molecular formula is C38H52FeO2P2. The van der Waals surface area contributed by atoms with Crippen LogP contribution in [0.2, 0.25) is 0 Å². The first-order chi connectivity index (χ1) is 19.6. The van der Waals surface area contributed by atoms with Crippen molar-refractivity contribution in [2.75, 3.05) is 14.2 Å². The van der Waals surface area contributed by atoms with E-state index < -0.39 is 7.92 Å². The fourth-order valence-corrected chi connectivity index (χ4v) is 14.6. The summed E-state index contributed by atoms with van der Waals surface area (Å²) >= 11 is 0. The number of ether oxygens (including phenoxy) is 2. The first kappa shape index (κ1) is 37.3. The Balaban J connectivity index is 0.000000973. The van der Waals surface area contributed by atoms with Crippen LogP contribution in [0.15, 0.2) is 72.8 Å². The summed E-state index contributed by atoms with van der Waals surface area (Å²) in [6, 6.07) is 26.5. The Morgan fingerprint density at radius 3 is 1.40 bits per heavy atom. The number of aryl methyl sites for hydroxylation is 4. The Bertz CT molecular complexity index is 1300. The first-order valence-corrected chi connectivity index (χ1v) is 17.7. The molecule has 1 atom stereocenters. The molecular weight excluding hydrogens is 606 g/mol. The van der Waals surface area contributed by atoms with E-state index in [4.69, 9.17) is 9.47 Å². The Hall–Kier alpha value is -1.88. The van der Waals surface area contributed by atoms with E-state index in [2.05, 4.69) is 119 Å². The normalized spacial score (nSPS) is 12.4. The molecule has 0 unspecified atom stereocenters. The van der Waals surface area contributed by atoms with Crippen molar-refractivity contribution in [3.63, 3.8) is 0 Å². The molecule has 0 saturated carbocycles. The average molecular weight is 659 g/mol. The van der Waals surface area contributed by atoms with Crippen LogP contribution in [0.3, 0.4) is 0 Å². The Morgan fingerprint density at radius 2 is 1.09 bits per heavy atom. The van der Waals surface area contributed by atoms with Crippen LogP contribution in [0.5, 0.6) is 11.5 Å². The van der Waals surface area contributed by atoms with E-state index >= 15 is 0 Å². The summed E-state index contributed by atoms with van der Waals surface area (Å²) in [6.07, 6.45) is 0. The second-order valence-electron chi connectivity index (χ2n) is 13.3. The molecule has 4 aromatic carbocycles. The van der Waals surface area contributed by atoms with Crippen molar-refractivity contribution in [2.45, 2.75) is 92.1 Å². The smallest absolute Gasteiger partial charge is 0.496 e. The van der Waals surface area contributed by atoms with Crippen LogP contribution in [0, 0.1) is 27.7 Å². The minimum Gasteiger partial charge on any atom is -0.496 e. The maximum atomic E-state index is 5.74. The molecule has 5 heteroatoms. The summed E-state index contributed by atoms with van der Waals surface area (Å²) in [7, 11) is 2.48. The van der Waals surface area contributed by atoms with Gasteiger partial charge >= 0.3 is 17.1 Å². The van der Waals surface area contributed by atoms with Crippen LogP contribution < -0.4 is 25.4 Å². The third-order valence-electron chi connectivity index (χ3n) is 7.72. The van der Waals surface area contributed by atoms with Gasteiger partial charge in [-0.05, 0) is 109 Å². The van der Waals surface area contributed by atoms with E-state index in [1.165, 1.54) is 43.7 Å². The van der Waals surface area contributed by atoms with Gasteiger partial charge in [-0.3, -0.25) is 0 Å². The third-order valence-corrected chi connectivity index (χ3v) is 14.1. The summed E-state index contributed by atoms with van der Waals surface area (Å²) in [5.74, 6) is 1.97. The van der Waals surface area contributed by atoms with Crippen LogP contribution in [0.25, 0.3) is 0 Å². The van der Waals surface area contributed by atoms with Crippen LogP contribution in [0.4, 0.5) is 0 Å². The summed E-state index contributed by atoms with van der Waals surface area (Å²) in [6.45, 7) is 25.7. The predicted octanol–water partition coefficient (Wildman–Crippen LogP) is 9.96. The van der Waals surface area contributed by atoms with Gasteiger partial charge in [0.2, 0.25) is 0 Å². The maximum Gasteiger partial charge on any atom is 2.00 e. The zero-order chi connectivity index (χ0) is 31.4. The first-order valence-electron chi connectivity index (χ1n) is 14.9. The van der Waals surface area contributed by atoms with Gasteiger partial charge in [-0.2, -0.15) is 24.3 Å². The monoisotopic (exact) mass is 658 g/mol. The number of benzene rings is 2. The number of hydrogen-bond acceptors (Lipinski definition) is 2. The minimum absolute atomic E-state index is 0. The van der Waals surface area contributed by atoms with Gasteiger partial charge in [0.15, 0.2) is 0 Å². The van der Waals surface area contributed by atoms with E-state index in [0.29, 0.717) is 5.66 Å². The molecule has 0 bridgehead atoms. The van der Waals surface area contributed by atoms with Gasteiger partial charge in [-0.25, -0.2) is 24.3 Å². The molecule has 0 heterocycles. The summed E-state index contributed by atoms with van der Waals surface area (Å²) in [5.41, 5.74) is 6.78. The van der Waals surface area contributed by atoms with Crippen molar-refractivity contribution >= 4 is 31.8 Å². The standard InChI is InChI=1S/C33H47O2P2.C5H5.Fe/c1-21-17-26(18-22(2)30(21)34-12)36(27-19-23(3)31(35-13)24(4)20-27)29-16-14-15-28(29)25(5)37(32(6,7)8)33(9,10)11;1-2-4-5-3-1;/h14-20,25H,1-13H3;1-5H;/q2*-1;+2/t25-;;/m1../s1. The van der Waals surface area contributed by atoms with Crippen molar-refractivity contribution in [3.8, 4) is 11.5 Å². The van der Waals surface area contributed by atoms with E-state index in [0.717, 1.165) is 11.5 Å². The van der Waals surface area contributed by atoms with E-state index in [1.54, 1.807) is 14.2 Å². The Morgan fingerprint density at radius 1 is 0.698 bits per heavy atom. The average Bonchev–Trinajstić information content (AvgIpc) is 3.58. The topological polar surface area (TPSA) is 18.5 Å². The molecule has 0 spiro atoms. The number of methoxy groups -OCH3 is 2. The quantitative estimate of drug-likeness (QED) is 0.112. The van der Waals surface area contributed by atoms with E-state index in [1.807, 2.05) is 30.3 Å². The molecule has 0 aliphatic carbocycles. The SMILES string of the molecule is COc1c(C)cc(P(c2cc(C)c(OC)c(C)c2)c2ccc[c-]2[C@@H](C)P(C(C)(C)C)C(C)(C)C)cc1C.[Fe+2].c1cc[cH-]c1. The molecule has 0 radical (unpaired) electrons. The predicted molar refractivity (Wildman–Crippen MR) is 190 cm³/mol. The molecule has 0 aliphatic rings. The zero-order valence-electron chi connectivity index (χ0n) is 28.6. The van der Waals surface area contributed by atoms with Gasteiger partial charge in [0, 0.05) is 0 Å². The molecule has 0 N–H and O–H groups in total. The molecule has 0 amide bonds. The molecule has 2 nitrogen and oxygen atoms in total. The minimum atomic E-state index is -0.759. The van der Waals surface area contributed by atoms with Crippen molar-refractivity contribution in [2.24, 2.45) is 0 Å². The molecule has 0 aliphatic heterocycles. The molecule has 0 saturated heterocycles. The largest absolute Gasteiger partial charge is 2.00 e. The van der Waals surface area contributed by atoms with Crippen LogP contribution in [-0.4, -0.2) is 24.5 Å². The second-order valence-corrected chi connectivity index (χ2v) is 19.7. The number of hydrogen-bond donors (Lipinski definition) is 0. The molecule has 4 aromatic rings. The third kappa shape index (κ3) is 8.86. The van der Waals surface area contributed by atoms with Gasteiger partial charge in [0.25, 0.3) is 0 Å². The molecule has 0 aromatic heterocycles. The Kier molecular flexibility index (Phi) is 13.4. The molecule has 0 fully saturated rings. The Labute approximate surface area is 275 Å². The van der Waals surface area contributed by atoms with Crippen LogP contribution in [0.1, 0.15) is 81.9 Å². The van der Waals surface area contributed by atoms with Crippen LogP contribution in [-0.2, 0) is 17.1 Å². The van der Waals surface area contributed by atoms with Crippen molar-refractivity contribution in [1.82, 2.24) is 0 Å².